The van der Waals surface area contributed by atoms with E-state index < -0.39 is 0 Å². The number of amides is 1. The minimum atomic E-state index is -0.201. The third-order valence-electron chi connectivity index (χ3n) is 4.82. The molecule has 1 amide bonds. The molecule has 0 aromatic heterocycles. The maximum atomic E-state index is 13.0. The molecule has 3 rings (SSSR count). The van der Waals surface area contributed by atoms with Crippen molar-refractivity contribution in [3.05, 3.63) is 65.0 Å². The Bertz CT molecular complexity index is 752. The number of carbonyl (C=O) groups is 1. The number of halogens is 1. The Morgan fingerprint density at radius 3 is 2.35 bits per heavy atom. The second-order valence-corrected chi connectivity index (χ2v) is 7.05. The monoisotopic (exact) mass is 355 g/mol. The van der Waals surface area contributed by atoms with Gasteiger partial charge < -0.3 is 5.32 Å². The van der Waals surface area contributed by atoms with Crippen LogP contribution in [0.3, 0.4) is 0 Å². The van der Waals surface area contributed by atoms with Crippen LogP contribution in [0.4, 0.5) is 10.1 Å². The zero-order valence-electron chi connectivity index (χ0n) is 15.5. The molecule has 0 unspecified atom stereocenters. The molecule has 1 saturated heterocycles. The Balaban J connectivity index is 1.45. The summed E-state index contributed by atoms with van der Waals surface area (Å²) in [4.78, 5) is 16.9. The van der Waals surface area contributed by atoms with Gasteiger partial charge in [0.05, 0.1) is 6.54 Å². The van der Waals surface area contributed by atoms with Crippen molar-refractivity contribution in [2.75, 3.05) is 38.0 Å². The van der Waals surface area contributed by atoms with Crippen molar-refractivity contribution in [3.8, 4) is 0 Å². The zero-order chi connectivity index (χ0) is 18.5. The summed E-state index contributed by atoms with van der Waals surface area (Å²) in [5.74, 6) is -0.167. The van der Waals surface area contributed by atoms with Gasteiger partial charge in [0, 0.05) is 38.4 Å². The lowest BCUT2D eigenvalue weighted by Crippen LogP contribution is -2.48. The van der Waals surface area contributed by atoms with Gasteiger partial charge in [0.2, 0.25) is 5.91 Å². The molecular weight excluding hydrogens is 329 g/mol. The molecule has 4 nitrogen and oxygen atoms in total. The van der Waals surface area contributed by atoms with Crippen molar-refractivity contribution in [1.82, 2.24) is 9.80 Å². The summed E-state index contributed by atoms with van der Waals surface area (Å²) in [6.07, 6.45) is 0. The SMILES string of the molecule is Cc1ccc(C)c(NC(=O)CN2CCN(Cc3ccc(F)cc3)CC2)c1. The fourth-order valence-corrected chi connectivity index (χ4v) is 3.22. The zero-order valence-corrected chi connectivity index (χ0v) is 15.5. The van der Waals surface area contributed by atoms with E-state index in [4.69, 9.17) is 0 Å². The highest BCUT2D eigenvalue weighted by Gasteiger charge is 2.19. The van der Waals surface area contributed by atoms with Gasteiger partial charge in [-0.1, -0.05) is 24.3 Å². The van der Waals surface area contributed by atoms with Crippen LogP contribution in [0.1, 0.15) is 16.7 Å². The average Bonchev–Trinajstić information content (AvgIpc) is 2.62. The van der Waals surface area contributed by atoms with Gasteiger partial charge in [0.25, 0.3) is 0 Å². The minimum Gasteiger partial charge on any atom is -0.325 e. The first-order valence-corrected chi connectivity index (χ1v) is 9.06. The summed E-state index contributed by atoms with van der Waals surface area (Å²) in [6, 6.07) is 12.8. The van der Waals surface area contributed by atoms with Crippen LogP contribution in [0.25, 0.3) is 0 Å². The first-order valence-electron chi connectivity index (χ1n) is 9.06. The molecule has 0 saturated carbocycles. The molecule has 0 aliphatic carbocycles. The second-order valence-electron chi connectivity index (χ2n) is 7.05. The van der Waals surface area contributed by atoms with Crippen molar-refractivity contribution in [3.63, 3.8) is 0 Å². The van der Waals surface area contributed by atoms with E-state index in [-0.39, 0.29) is 11.7 Å². The first-order chi connectivity index (χ1) is 12.5. The quantitative estimate of drug-likeness (QED) is 0.895. The highest BCUT2D eigenvalue weighted by Crippen LogP contribution is 2.16. The van der Waals surface area contributed by atoms with Crippen molar-refractivity contribution < 1.29 is 9.18 Å². The molecule has 2 aromatic carbocycles. The van der Waals surface area contributed by atoms with Gasteiger partial charge in [0.15, 0.2) is 0 Å². The lowest BCUT2D eigenvalue weighted by atomic mass is 10.1. The van der Waals surface area contributed by atoms with E-state index in [0.717, 1.165) is 55.1 Å². The molecule has 0 bridgehead atoms. The standard InChI is InChI=1S/C21H26FN3O/c1-16-3-4-17(2)20(13-16)23-21(26)15-25-11-9-24(10-12-25)14-18-5-7-19(22)8-6-18/h3-8,13H,9-12,14-15H2,1-2H3,(H,23,26). The lowest BCUT2D eigenvalue weighted by Gasteiger charge is -2.34. The predicted octanol–water partition coefficient (Wildman–Crippen LogP) is 3.20. The highest BCUT2D eigenvalue weighted by molar-refractivity contribution is 5.93. The van der Waals surface area contributed by atoms with Gasteiger partial charge in [-0.25, -0.2) is 4.39 Å². The van der Waals surface area contributed by atoms with Gasteiger partial charge in [-0.05, 0) is 48.7 Å². The van der Waals surface area contributed by atoms with E-state index in [0.29, 0.717) is 6.54 Å². The van der Waals surface area contributed by atoms with E-state index in [1.54, 1.807) is 0 Å². The molecule has 0 atom stereocenters. The number of nitrogens with one attached hydrogen (secondary N) is 1. The summed E-state index contributed by atoms with van der Waals surface area (Å²) in [7, 11) is 0. The summed E-state index contributed by atoms with van der Waals surface area (Å²) >= 11 is 0. The molecule has 5 heteroatoms. The minimum absolute atomic E-state index is 0.0330. The third kappa shape index (κ3) is 5.13. The summed E-state index contributed by atoms with van der Waals surface area (Å²) in [6.45, 7) is 8.81. The van der Waals surface area contributed by atoms with Crippen LogP contribution >= 0.6 is 0 Å². The number of hydrogen-bond donors (Lipinski definition) is 1. The van der Waals surface area contributed by atoms with Crippen molar-refractivity contribution in [2.45, 2.75) is 20.4 Å². The van der Waals surface area contributed by atoms with Gasteiger partial charge >= 0.3 is 0 Å². The Hall–Kier alpha value is -2.24. The largest absolute Gasteiger partial charge is 0.325 e. The van der Waals surface area contributed by atoms with E-state index in [2.05, 4.69) is 15.1 Å². The van der Waals surface area contributed by atoms with Crippen molar-refractivity contribution in [1.29, 1.82) is 0 Å². The first kappa shape index (κ1) is 18.5. The predicted molar refractivity (Wildman–Crippen MR) is 103 cm³/mol. The van der Waals surface area contributed by atoms with Crippen molar-refractivity contribution >= 4 is 11.6 Å². The number of carbonyl (C=O) groups excluding carboxylic acids is 1. The van der Waals surface area contributed by atoms with Crippen LogP contribution in [0.15, 0.2) is 42.5 Å². The molecular formula is C21H26FN3O. The van der Waals surface area contributed by atoms with Gasteiger partial charge in [0.1, 0.15) is 5.82 Å². The molecule has 1 heterocycles. The summed E-state index contributed by atoms with van der Waals surface area (Å²) in [5.41, 5.74) is 4.23. The van der Waals surface area contributed by atoms with Crippen molar-refractivity contribution in [2.24, 2.45) is 0 Å². The smallest absolute Gasteiger partial charge is 0.238 e. The number of aryl methyl sites for hydroxylation is 2. The number of nitrogens with zero attached hydrogens (tertiary/aromatic N) is 2. The van der Waals surface area contributed by atoms with E-state index >= 15 is 0 Å². The van der Waals surface area contributed by atoms with E-state index in [9.17, 15) is 9.18 Å². The Morgan fingerprint density at radius 1 is 1.00 bits per heavy atom. The number of rotatable bonds is 5. The Kier molecular flexibility index (Phi) is 6.01. The Labute approximate surface area is 154 Å². The summed E-state index contributed by atoms with van der Waals surface area (Å²) < 4.78 is 13.0. The average molecular weight is 355 g/mol. The second kappa shape index (κ2) is 8.43. The number of anilines is 1. The molecule has 1 fully saturated rings. The van der Waals surface area contributed by atoms with Crippen LogP contribution in [0, 0.1) is 19.7 Å². The van der Waals surface area contributed by atoms with Crippen LogP contribution in [-0.2, 0) is 11.3 Å². The molecule has 2 aromatic rings. The Morgan fingerprint density at radius 2 is 1.65 bits per heavy atom. The van der Waals surface area contributed by atoms with Gasteiger partial charge in [-0.15, -0.1) is 0 Å². The molecule has 138 valence electrons. The highest BCUT2D eigenvalue weighted by atomic mass is 19.1. The maximum absolute atomic E-state index is 13.0. The van der Waals surface area contributed by atoms with E-state index in [1.807, 2.05) is 44.2 Å². The lowest BCUT2D eigenvalue weighted by molar-refractivity contribution is -0.117. The maximum Gasteiger partial charge on any atom is 0.238 e. The summed E-state index contributed by atoms with van der Waals surface area (Å²) in [5, 5.41) is 3.02. The van der Waals surface area contributed by atoms with Gasteiger partial charge in [-0.2, -0.15) is 0 Å². The number of benzene rings is 2. The van der Waals surface area contributed by atoms with Crippen LogP contribution in [0.5, 0.6) is 0 Å². The molecule has 1 aliphatic rings. The van der Waals surface area contributed by atoms with Gasteiger partial charge in [-0.3, -0.25) is 14.6 Å². The topological polar surface area (TPSA) is 35.6 Å². The van der Waals surface area contributed by atoms with Crippen LogP contribution in [-0.4, -0.2) is 48.4 Å². The third-order valence-corrected chi connectivity index (χ3v) is 4.82. The molecule has 0 spiro atoms. The van der Waals surface area contributed by atoms with Crippen LogP contribution in [0.2, 0.25) is 0 Å². The fraction of sp³-hybridized carbons (Fsp3) is 0.381. The normalized spacial score (nSPS) is 15.8. The van der Waals surface area contributed by atoms with E-state index in [1.165, 1.54) is 12.1 Å². The van der Waals surface area contributed by atoms with Crippen LogP contribution < -0.4 is 5.32 Å². The fourth-order valence-electron chi connectivity index (χ4n) is 3.22. The molecule has 1 aliphatic heterocycles. The molecule has 0 radical (unpaired) electrons. The number of piperazine rings is 1. The molecule has 26 heavy (non-hydrogen) atoms. The molecule has 1 N–H and O–H groups in total. The number of hydrogen-bond acceptors (Lipinski definition) is 3.